The average Bonchev–Trinajstić information content (AvgIpc) is 2.35. The van der Waals surface area contributed by atoms with Gasteiger partial charge in [-0.3, -0.25) is 0 Å². The first-order valence-corrected chi connectivity index (χ1v) is 8.04. The number of rotatable bonds is 8. The lowest BCUT2D eigenvalue weighted by Gasteiger charge is -2.16. The van der Waals surface area contributed by atoms with Gasteiger partial charge in [-0.2, -0.15) is 0 Å². The summed E-state index contributed by atoms with van der Waals surface area (Å²) in [5, 5.41) is 4.26. The molecule has 3 heteroatoms. The van der Waals surface area contributed by atoms with Crippen molar-refractivity contribution in [2.75, 3.05) is 12.8 Å². The number of hydrogen-bond acceptors (Lipinski definition) is 2. The zero-order valence-electron chi connectivity index (χ0n) is 11.6. The van der Waals surface area contributed by atoms with Gasteiger partial charge < -0.3 is 5.32 Å². The van der Waals surface area contributed by atoms with Crippen molar-refractivity contribution in [2.45, 2.75) is 44.0 Å². The largest absolute Gasteiger partial charge is 0.316 e. The summed E-state index contributed by atoms with van der Waals surface area (Å²) in [5.41, 5.74) is 0. The Morgan fingerprint density at radius 2 is 1.94 bits per heavy atom. The third kappa shape index (κ3) is 6.12. The van der Waals surface area contributed by atoms with Gasteiger partial charge in [-0.1, -0.05) is 50.4 Å². The minimum atomic E-state index is 0.574. The van der Waals surface area contributed by atoms with E-state index in [1.165, 1.54) is 24.2 Å². The molecule has 18 heavy (non-hydrogen) atoms. The van der Waals surface area contributed by atoms with Crippen molar-refractivity contribution in [1.29, 1.82) is 0 Å². The fourth-order valence-corrected chi connectivity index (χ4v) is 3.23. The van der Waals surface area contributed by atoms with Crippen molar-refractivity contribution < 1.29 is 0 Å². The van der Waals surface area contributed by atoms with Gasteiger partial charge in [-0.15, -0.1) is 11.8 Å². The summed E-state index contributed by atoms with van der Waals surface area (Å²) in [4.78, 5) is 1.18. The van der Waals surface area contributed by atoms with Crippen LogP contribution in [0.1, 0.15) is 33.1 Å². The molecule has 0 fully saturated rings. The molecule has 0 saturated carbocycles. The molecule has 0 aliphatic heterocycles. The summed E-state index contributed by atoms with van der Waals surface area (Å²) in [7, 11) is 2.05. The van der Waals surface area contributed by atoms with Gasteiger partial charge in [0.25, 0.3) is 0 Å². The van der Waals surface area contributed by atoms with Crippen LogP contribution < -0.4 is 5.32 Å². The van der Waals surface area contributed by atoms with E-state index in [1.54, 1.807) is 0 Å². The molecule has 0 aliphatic carbocycles. The van der Waals surface area contributed by atoms with E-state index in [0.717, 1.165) is 16.7 Å². The minimum Gasteiger partial charge on any atom is -0.316 e. The zero-order valence-corrected chi connectivity index (χ0v) is 13.2. The normalized spacial score (nSPS) is 12.9. The van der Waals surface area contributed by atoms with Gasteiger partial charge in [-0.05, 0) is 31.5 Å². The van der Waals surface area contributed by atoms with Crippen LogP contribution in [-0.2, 0) is 0 Å². The Labute approximate surface area is 121 Å². The molecule has 1 N–H and O–H groups in total. The average molecular weight is 286 g/mol. The first-order chi connectivity index (χ1) is 8.63. The van der Waals surface area contributed by atoms with Crippen molar-refractivity contribution in [3.63, 3.8) is 0 Å². The number of halogens is 1. The van der Waals surface area contributed by atoms with Crippen LogP contribution in [0, 0.1) is 5.92 Å². The predicted molar refractivity (Wildman–Crippen MR) is 83.7 cm³/mol. The second-order valence-electron chi connectivity index (χ2n) is 5.05. The molecule has 1 rings (SSSR count). The van der Waals surface area contributed by atoms with Crippen LogP contribution in [0.4, 0.5) is 0 Å². The van der Waals surface area contributed by atoms with E-state index in [-0.39, 0.29) is 0 Å². The number of benzene rings is 1. The Kier molecular flexibility index (Phi) is 7.80. The molecule has 1 aromatic carbocycles. The molecule has 102 valence electrons. The standard InChI is InChI=1S/C15H24ClNS/c1-12(2)7-6-8-13(17-3)11-18-15-10-5-4-9-14(15)16/h4-5,9-10,12-13,17H,6-8,11H2,1-3H3. The van der Waals surface area contributed by atoms with Gasteiger partial charge in [0, 0.05) is 16.7 Å². The van der Waals surface area contributed by atoms with Gasteiger partial charge in [0.15, 0.2) is 0 Å². The fourth-order valence-electron chi connectivity index (χ4n) is 1.84. The molecule has 0 aromatic heterocycles. The summed E-state index contributed by atoms with van der Waals surface area (Å²) < 4.78 is 0. The SMILES string of the molecule is CNC(CCCC(C)C)CSc1ccccc1Cl. The molecule has 0 aliphatic rings. The van der Waals surface area contributed by atoms with Gasteiger partial charge in [0.05, 0.1) is 5.02 Å². The van der Waals surface area contributed by atoms with Crippen LogP contribution >= 0.6 is 23.4 Å². The number of hydrogen-bond donors (Lipinski definition) is 1. The maximum absolute atomic E-state index is 6.16. The molecule has 0 amide bonds. The molecule has 0 heterocycles. The summed E-state index contributed by atoms with van der Waals surface area (Å²) in [6, 6.07) is 8.64. The molecule has 1 nitrogen and oxygen atoms in total. The topological polar surface area (TPSA) is 12.0 Å². The van der Waals surface area contributed by atoms with Crippen molar-refractivity contribution in [2.24, 2.45) is 5.92 Å². The number of nitrogens with one attached hydrogen (secondary N) is 1. The molecule has 0 spiro atoms. The van der Waals surface area contributed by atoms with Gasteiger partial charge >= 0.3 is 0 Å². The maximum Gasteiger partial charge on any atom is 0.0541 e. The molecule has 0 radical (unpaired) electrons. The lowest BCUT2D eigenvalue weighted by Crippen LogP contribution is -2.27. The first kappa shape index (κ1) is 15.9. The minimum absolute atomic E-state index is 0.574. The van der Waals surface area contributed by atoms with E-state index in [0.29, 0.717) is 6.04 Å². The Morgan fingerprint density at radius 3 is 2.56 bits per heavy atom. The lowest BCUT2D eigenvalue weighted by molar-refractivity contribution is 0.483. The summed E-state index contributed by atoms with van der Waals surface area (Å²) in [6.45, 7) is 4.57. The van der Waals surface area contributed by atoms with Gasteiger partial charge in [0.1, 0.15) is 0 Å². The Morgan fingerprint density at radius 1 is 1.22 bits per heavy atom. The third-order valence-electron chi connectivity index (χ3n) is 3.02. The molecular formula is C15H24ClNS. The first-order valence-electron chi connectivity index (χ1n) is 6.68. The van der Waals surface area contributed by atoms with Crippen molar-refractivity contribution in [1.82, 2.24) is 5.32 Å². The highest BCUT2D eigenvalue weighted by atomic mass is 35.5. The maximum atomic E-state index is 6.16. The second-order valence-corrected chi connectivity index (χ2v) is 6.52. The zero-order chi connectivity index (χ0) is 13.4. The van der Waals surface area contributed by atoms with Crippen LogP contribution in [0.3, 0.4) is 0 Å². The lowest BCUT2D eigenvalue weighted by atomic mass is 10.0. The molecule has 0 saturated heterocycles. The highest BCUT2D eigenvalue weighted by Gasteiger charge is 2.08. The summed E-state index contributed by atoms with van der Waals surface area (Å²) in [5.74, 6) is 1.89. The van der Waals surface area contributed by atoms with Crippen molar-refractivity contribution in [3.8, 4) is 0 Å². The van der Waals surface area contributed by atoms with Crippen molar-refractivity contribution >= 4 is 23.4 Å². The molecule has 1 unspecified atom stereocenters. The van der Waals surface area contributed by atoms with Crippen LogP contribution in [-0.4, -0.2) is 18.8 Å². The van der Waals surface area contributed by atoms with E-state index in [4.69, 9.17) is 11.6 Å². The van der Waals surface area contributed by atoms with Gasteiger partial charge in [0.2, 0.25) is 0 Å². The fraction of sp³-hybridized carbons (Fsp3) is 0.600. The van der Waals surface area contributed by atoms with E-state index in [2.05, 4.69) is 25.2 Å². The predicted octanol–water partition coefficient (Wildman–Crippen LogP) is 4.85. The van der Waals surface area contributed by atoms with Crippen molar-refractivity contribution in [3.05, 3.63) is 29.3 Å². The van der Waals surface area contributed by atoms with E-state index >= 15 is 0 Å². The Hall–Kier alpha value is -0.180. The summed E-state index contributed by atoms with van der Waals surface area (Å²) >= 11 is 8.00. The molecular weight excluding hydrogens is 262 g/mol. The van der Waals surface area contributed by atoms with Crippen LogP contribution in [0.15, 0.2) is 29.2 Å². The highest BCUT2D eigenvalue weighted by Crippen LogP contribution is 2.27. The molecule has 0 bridgehead atoms. The molecule has 1 aromatic rings. The Bertz CT molecular complexity index is 341. The van der Waals surface area contributed by atoms with Crippen LogP contribution in [0.5, 0.6) is 0 Å². The highest BCUT2D eigenvalue weighted by molar-refractivity contribution is 7.99. The number of thioether (sulfide) groups is 1. The van der Waals surface area contributed by atoms with E-state index in [9.17, 15) is 0 Å². The smallest absolute Gasteiger partial charge is 0.0541 e. The quantitative estimate of drug-likeness (QED) is 0.686. The van der Waals surface area contributed by atoms with Gasteiger partial charge in [-0.25, -0.2) is 0 Å². The van der Waals surface area contributed by atoms with Crippen LogP contribution in [0.2, 0.25) is 5.02 Å². The third-order valence-corrected chi connectivity index (χ3v) is 4.70. The monoisotopic (exact) mass is 285 g/mol. The Balaban J connectivity index is 2.33. The van der Waals surface area contributed by atoms with Crippen LogP contribution in [0.25, 0.3) is 0 Å². The molecule has 1 atom stereocenters. The summed E-state index contributed by atoms with van der Waals surface area (Å²) in [6.07, 6.45) is 3.85. The van der Waals surface area contributed by atoms with E-state index in [1.807, 2.05) is 37.0 Å². The van der Waals surface area contributed by atoms with E-state index < -0.39 is 0 Å². The second kappa shape index (κ2) is 8.84.